The quantitative estimate of drug-likeness (QED) is 0.656. The molecule has 124 valence electrons. The molecule has 0 aliphatic heterocycles. The number of benzene rings is 2. The molecule has 0 fully saturated rings. The van der Waals surface area contributed by atoms with Crippen LogP contribution in [0.3, 0.4) is 0 Å². The standard InChI is InChI=1S/C19H20N2O2S/c1-22-19-7-5-15(6-8-19)11-23-12-16-3-2-4-17(9-16)20-10-18-13-24-14-21-18/h2-9,13-14,20H,10-12H2,1H3. The van der Waals surface area contributed by atoms with Crippen LogP contribution < -0.4 is 10.1 Å². The van der Waals surface area contributed by atoms with Gasteiger partial charge < -0.3 is 14.8 Å². The smallest absolute Gasteiger partial charge is 0.118 e. The Morgan fingerprint density at radius 2 is 1.88 bits per heavy atom. The highest BCUT2D eigenvalue weighted by molar-refractivity contribution is 7.07. The monoisotopic (exact) mass is 340 g/mol. The summed E-state index contributed by atoms with van der Waals surface area (Å²) in [4.78, 5) is 4.27. The average molecular weight is 340 g/mol. The van der Waals surface area contributed by atoms with Crippen molar-refractivity contribution in [3.8, 4) is 5.75 Å². The molecule has 1 heterocycles. The molecular weight excluding hydrogens is 320 g/mol. The van der Waals surface area contributed by atoms with E-state index in [9.17, 15) is 0 Å². The highest BCUT2D eigenvalue weighted by Crippen LogP contribution is 2.15. The number of thiazole rings is 1. The van der Waals surface area contributed by atoms with Gasteiger partial charge in [-0.25, -0.2) is 4.98 Å². The third-order valence-electron chi connectivity index (χ3n) is 3.58. The van der Waals surface area contributed by atoms with Crippen LogP contribution in [-0.2, 0) is 24.5 Å². The van der Waals surface area contributed by atoms with Gasteiger partial charge in [0.25, 0.3) is 0 Å². The predicted molar refractivity (Wildman–Crippen MR) is 97.4 cm³/mol. The molecule has 1 aromatic heterocycles. The zero-order valence-corrected chi connectivity index (χ0v) is 14.4. The molecule has 0 atom stereocenters. The van der Waals surface area contributed by atoms with E-state index in [1.54, 1.807) is 18.4 Å². The van der Waals surface area contributed by atoms with Crippen LogP contribution in [0.5, 0.6) is 5.75 Å². The summed E-state index contributed by atoms with van der Waals surface area (Å²) in [5, 5.41) is 5.43. The normalized spacial score (nSPS) is 10.5. The first-order valence-corrected chi connectivity index (χ1v) is 8.68. The average Bonchev–Trinajstić information content (AvgIpc) is 3.15. The number of nitrogens with zero attached hydrogens (tertiary/aromatic N) is 1. The minimum Gasteiger partial charge on any atom is -0.497 e. The third kappa shape index (κ3) is 4.81. The fourth-order valence-electron chi connectivity index (χ4n) is 2.30. The Kier molecular flexibility index (Phi) is 5.82. The number of ether oxygens (including phenoxy) is 2. The number of nitrogens with one attached hydrogen (secondary N) is 1. The molecule has 0 saturated heterocycles. The van der Waals surface area contributed by atoms with Crippen LogP contribution in [0.15, 0.2) is 59.4 Å². The Labute approximate surface area is 146 Å². The van der Waals surface area contributed by atoms with Crippen molar-refractivity contribution >= 4 is 17.0 Å². The first-order valence-electron chi connectivity index (χ1n) is 7.74. The molecule has 0 radical (unpaired) electrons. The van der Waals surface area contributed by atoms with Crippen LogP contribution in [0.4, 0.5) is 5.69 Å². The number of rotatable bonds is 8. The van der Waals surface area contributed by atoms with Crippen molar-refractivity contribution in [1.29, 1.82) is 0 Å². The van der Waals surface area contributed by atoms with Crippen LogP contribution in [0.1, 0.15) is 16.8 Å². The number of aromatic nitrogens is 1. The number of hydrogen-bond acceptors (Lipinski definition) is 5. The van der Waals surface area contributed by atoms with E-state index in [2.05, 4.69) is 33.9 Å². The highest BCUT2D eigenvalue weighted by atomic mass is 32.1. The lowest BCUT2D eigenvalue weighted by atomic mass is 10.2. The Hall–Kier alpha value is -2.37. The molecule has 0 bridgehead atoms. The van der Waals surface area contributed by atoms with Gasteiger partial charge >= 0.3 is 0 Å². The first-order chi connectivity index (χ1) is 11.8. The molecule has 3 rings (SSSR count). The molecule has 3 aromatic rings. The Morgan fingerprint density at radius 1 is 1.04 bits per heavy atom. The van der Waals surface area contributed by atoms with Crippen molar-refractivity contribution in [2.75, 3.05) is 12.4 Å². The topological polar surface area (TPSA) is 43.4 Å². The molecule has 0 aliphatic rings. The molecule has 0 spiro atoms. The van der Waals surface area contributed by atoms with Gasteiger partial charge in [-0.2, -0.15) is 0 Å². The zero-order chi connectivity index (χ0) is 16.6. The van der Waals surface area contributed by atoms with Crippen LogP contribution in [0, 0.1) is 0 Å². The Morgan fingerprint density at radius 3 is 2.62 bits per heavy atom. The second-order valence-corrected chi connectivity index (χ2v) is 6.09. The molecule has 2 aromatic carbocycles. The van der Waals surface area contributed by atoms with Crippen molar-refractivity contribution in [1.82, 2.24) is 4.98 Å². The minimum atomic E-state index is 0.582. The second-order valence-electron chi connectivity index (χ2n) is 5.37. The fourth-order valence-corrected chi connectivity index (χ4v) is 2.86. The summed E-state index contributed by atoms with van der Waals surface area (Å²) in [6.45, 7) is 1.90. The van der Waals surface area contributed by atoms with Crippen molar-refractivity contribution in [2.24, 2.45) is 0 Å². The van der Waals surface area contributed by atoms with Crippen molar-refractivity contribution in [3.63, 3.8) is 0 Å². The minimum absolute atomic E-state index is 0.582. The molecule has 0 saturated carbocycles. The van der Waals surface area contributed by atoms with Gasteiger partial charge in [0.1, 0.15) is 5.75 Å². The maximum absolute atomic E-state index is 5.81. The molecule has 1 N–H and O–H groups in total. The molecule has 0 aliphatic carbocycles. The van der Waals surface area contributed by atoms with Gasteiger partial charge in [0.15, 0.2) is 0 Å². The summed E-state index contributed by atoms with van der Waals surface area (Å²) in [7, 11) is 1.67. The number of methoxy groups -OCH3 is 1. The van der Waals surface area contributed by atoms with Crippen molar-refractivity contribution < 1.29 is 9.47 Å². The van der Waals surface area contributed by atoms with Gasteiger partial charge in [0, 0.05) is 11.1 Å². The molecule has 5 heteroatoms. The molecule has 0 amide bonds. The van der Waals surface area contributed by atoms with Crippen molar-refractivity contribution in [3.05, 3.63) is 76.2 Å². The van der Waals surface area contributed by atoms with E-state index in [0.29, 0.717) is 13.2 Å². The summed E-state index contributed by atoms with van der Waals surface area (Å²) in [6, 6.07) is 16.2. The third-order valence-corrected chi connectivity index (χ3v) is 4.22. The van der Waals surface area contributed by atoms with Crippen LogP contribution >= 0.6 is 11.3 Å². The van der Waals surface area contributed by atoms with Crippen LogP contribution in [0.25, 0.3) is 0 Å². The lowest BCUT2D eigenvalue weighted by Crippen LogP contribution is -2.00. The molecule has 24 heavy (non-hydrogen) atoms. The summed E-state index contributed by atoms with van der Waals surface area (Å²) in [5.41, 5.74) is 6.26. The van der Waals surface area contributed by atoms with Crippen molar-refractivity contribution in [2.45, 2.75) is 19.8 Å². The van der Waals surface area contributed by atoms with E-state index in [0.717, 1.165) is 34.8 Å². The van der Waals surface area contributed by atoms with E-state index in [4.69, 9.17) is 9.47 Å². The van der Waals surface area contributed by atoms with E-state index in [-0.39, 0.29) is 0 Å². The largest absolute Gasteiger partial charge is 0.497 e. The van der Waals surface area contributed by atoms with Crippen LogP contribution in [-0.4, -0.2) is 12.1 Å². The maximum Gasteiger partial charge on any atom is 0.118 e. The SMILES string of the molecule is COc1ccc(COCc2cccc(NCc3cscn3)c2)cc1. The first kappa shape index (κ1) is 16.5. The Balaban J connectivity index is 1.48. The highest BCUT2D eigenvalue weighted by Gasteiger charge is 2.00. The maximum atomic E-state index is 5.81. The summed E-state index contributed by atoms with van der Waals surface area (Å²) in [5.74, 6) is 0.859. The lowest BCUT2D eigenvalue weighted by molar-refractivity contribution is 0.107. The molecule has 4 nitrogen and oxygen atoms in total. The van der Waals surface area contributed by atoms with Gasteiger partial charge in [-0.3, -0.25) is 0 Å². The van der Waals surface area contributed by atoms with Gasteiger partial charge in [-0.05, 0) is 35.4 Å². The van der Waals surface area contributed by atoms with E-state index >= 15 is 0 Å². The van der Waals surface area contributed by atoms with Gasteiger partial charge in [0.2, 0.25) is 0 Å². The zero-order valence-electron chi connectivity index (χ0n) is 13.6. The van der Waals surface area contributed by atoms with Gasteiger partial charge in [-0.15, -0.1) is 11.3 Å². The molecular formula is C19H20N2O2S. The summed E-state index contributed by atoms with van der Waals surface area (Å²) >= 11 is 1.61. The fraction of sp³-hybridized carbons (Fsp3) is 0.211. The number of hydrogen-bond donors (Lipinski definition) is 1. The summed E-state index contributed by atoms with van der Waals surface area (Å²) in [6.07, 6.45) is 0. The van der Waals surface area contributed by atoms with Gasteiger partial charge in [0.05, 0.1) is 38.1 Å². The summed E-state index contributed by atoms with van der Waals surface area (Å²) < 4.78 is 11.0. The van der Waals surface area contributed by atoms with E-state index < -0.39 is 0 Å². The van der Waals surface area contributed by atoms with E-state index in [1.807, 2.05) is 35.8 Å². The number of anilines is 1. The van der Waals surface area contributed by atoms with Crippen LogP contribution in [0.2, 0.25) is 0 Å². The van der Waals surface area contributed by atoms with Gasteiger partial charge in [-0.1, -0.05) is 24.3 Å². The van der Waals surface area contributed by atoms with E-state index in [1.165, 1.54) is 0 Å². The lowest BCUT2D eigenvalue weighted by Gasteiger charge is -2.09. The Bertz CT molecular complexity index is 742. The predicted octanol–water partition coefficient (Wildman–Crippen LogP) is 4.48. The molecule has 0 unspecified atom stereocenters. The second kappa shape index (κ2) is 8.47.